The molecule has 0 saturated heterocycles. The first-order valence-corrected chi connectivity index (χ1v) is 4.78. The van der Waals surface area contributed by atoms with Crippen LogP contribution in [0, 0.1) is 0 Å². The molecule has 0 aliphatic heterocycles. The Morgan fingerprint density at radius 3 is 2.56 bits per heavy atom. The zero-order valence-electron chi connectivity index (χ0n) is 6.09. The zero-order chi connectivity index (χ0) is 7.33. The van der Waals surface area contributed by atoms with E-state index in [2.05, 4.69) is 4.36 Å². The van der Waals surface area contributed by atoms with Crippen LogP contribution in [-0.2, 0) is 14.5 Å². The van der Waals surface area contributed by atoms with Crippen LogP contribution in [0.5, 0.6) is 0 Å². The molecule has 0 heterocycles. The number of rotatable bonds is 3. The maximum Gasteiger partial charge on any atom is 0.0586 e. The Labute approximate surface area is 56.6 Å². The SMILES string of the molecule is CN=S(C)(=O)CCOC. The standard InChI is InChI=1S/C5H13NO2S/c1-6-9(3,7)5-4-8-2/h4-5H2,1-3H3. The molecule has 0 aromatic carbocycles. The summed E-state index contributed by atoms with van der Waals surface area (Å²) in [5, 5.41) is 0. The molecular weight excluding hydrogens is 138 g/mol. The van der Waals surface area contributed by atoms with Gasteiger partial charge in [0, 0.05) is 30.1 Å². The van der Waals surface area contributed by atoms with Gasteiger partial charge in [-0.1, -0.05) is 0 Å². The van der Waals surface area contributed by atoms with Crippen LogP contribution in [0.2, 0.25) is 0 Å². The van der Waals surface area contributed by atoms with Gasteiger partial charge in [0.2, 0.25) is 0 Å². The van der Waals surface area contributed by atoms with E-state index in [-0.39, 0.29) is 0 Å². The van der Waals surface area contributed by atoms with Crippen LogP contribution in [-0.4, -0.2) is 37.0 Å². The Morgan fingerprint density at radius 1 is 1.67 bits per heavy atom. The van der Waals surface area contributed by atoms with Crippen LogP contribution in [0.3, 0.4) is 0 Å². The molecular formula is C5H13NO2S. The van der Waals surface area contributed by atoms with E-state index in [9.17, 15) is 4.21 Å². The minimum absolute atomic E-state index is 0.521. The van der Waals surface area contributed by atoms with Crippen LogP contribution in [0.4, 0.5) is 0 Å². The lowest BCUT2D eigenvalue weighted by Gasteiger charge is -1.99. The summed E-state index contributed by atoms with van der Waals surface area (Å²) in [6.07, 6.45) is 1.63. The molecule has 3 nitrogen and oxygen atoms in total. The van der Waals surface area contributed by atoms with Gasteiger partial charge in [-0.3, -0.25) is 0 Å². The molecule has 0 aromatic rings. The van der Waals surface area contributed by atoms with E-state index in [1.165, 1.54) is 0 Å². The first-order valence-electron chi connectivity index (χ1n) is 2.69. The molecule has 9 heavy (non-hydrogen) atoms. The maximum absolute atomic E-state index is 11.1. The van der Waals surface area contributed by atoms with Crippen molar-refractivity contribution in [2.45, 2.75) is 0 Å². The maximum atomic E-state index is 11.1. The number of hydrogen-bond donors (Lipinski definition) is 0. The van der Waals surface area contributed by atoms with E-state index in [1.807, 2.05) is 0 Å². The fraction of sp³-hybridized carbons (Fsp3) is 1.00. The average molecular weight is 151 g/mol. The topological polar surface area (TPSA) is 38.7 Å². The second-order valence-electron chi connectivity index (χ2n) is 1.84. The molecule has 0 amide bonds. The molecule has 0 N–H and O–H groups in total. The van der Waals surface area contributed by atoms with Crippen molar-refractivity contribution in [2.75, 3.05) is 32.8 Å². The molecule has 0 aliphatic carbocycles. The third-order valence-corrected chi connectivity index (χ3v) is 2.75. The number of ether oxygens (including phenoxy) is 1. The van der Waals surface area contributed by atoms with Crippen LogP contribution in [0.1, 0.15) is 0 Å². The molecule has 0 rings (SSSR count). The average Bonchev–Trinajstić information content (AvgIpc) is 1.84. The number of methoxy groups -OCH3 is 1. The first kappa shape index (κ1) is 8.91. The smallest absolute Gasteiger partial charge is 0.0586 e. The van der Waals surface area contributed by atoms with Gasteiger partial charge in [0.15, 0.2) is 0 Å². The summed E-state index contributed by atoms with van der Waals surface area (Å²) in [7, 11) is 1.22. The van der Waals surface area contributed by atoms with Gasteiger partial charge in [0.05, 0.1) is 12.4 Å². The van der Waals surface area contributed by atoms with E-state index in [4.69, 9.17) is 4.74 Å². The Hall–Kier alpha value is -0.0900. The Kier molecular flexibility index (Phi) is 3.81. The molecule has 0 aromatic heterocycles. The van der Waals surface area contributed by atoms with Crippen molar-refractivity contribution in [1.82, 2.24) is 0 Å². The van der Waals surface area contributed by atoms with Crippen molar-refractivity contribution in [3.8, 4) is 0 Å². The van der Waals surface area contributed by atoms with Crippen LogP contribution >= 0.6 is 0 Å². The molecule has 4 heteroatoms. The van der Waals surface area contributed by atoms with Crippen molar-refractivity contribution in [1.29, 1.82) is 0 Å². The van der Waals surface area contributed by atoms with Gasteiger partial charge in [-0.25, -0.2) is 8.57 Å². The highest BCUT2D eigenvalue weighted by Gasteiger charge is 1.96. The summed E-state index contributed by atoms with van der Waals surface area (Å²) < 4.78 is 19.5. The van der Waals surface area contributed by atoms with Crippen molar-refractivity contribution >= 4 is 9.73 Å². The molecule has 0 aliphatic rings. The normalized spacial score (nSPS) is 16.8. The highest BCUT2D eigenvalue weighted by molar-refractivity contribution is 7.92. The van der Waals surface area contributed by atoms with Gasteiger partial charge in [-0.05, 0) is 0 Å². The molecule has 1 atom stereocenters. The number of hydrogen-bond acceptors (Lipinski definition) is 3. The van der Waals surface area contributed by atoms with E-state index in [1.54, 1.807) is 20.4 Å². The van der Waals surface area contributed by atoms with Gasteiger partial charge in [-0.2, -0.15) is 0 Å². The predicted octanol–water partition coefficient (Wildman–Crippen LogP) is 0.360. The lowest BCUT2D eigenvalue weighted by molar-refractivity contribution is 0.218. The van der Waals surface area contributed by atoms with Gasteiger partial charge >= 0.3 is 0 Å². The van der Waals surface area contributed by atoms with Crippen molar-refractivity contribution < 1.29 is 8.95 Å². The Balaban J connectivity index is 3.76. The van der Waals surface area contributed by atoms with Gasteiger partial charge < -0.3 is 4.74 Å². The minimum Gasteiger partial charge on any atom is -0.384 e. The molecule has 56 valence electrons. The summed E-state index contributed by atoms with van der Waals surface area (Å²) in [6, 6.07) is 0. The van der Waals surface area contributed by atoms with Gasteiger partial charge in [-0.15, -0.1) is 0 Å². The Bertz CT molecular complexity index is 170. The quantitative estimate of drug-likeness (QED) is 0.584. The second-order valence-corrected chi connectivity index (χ2v) is 4.53. The number of nitrogens with zero attached hydrogens (tertiary/aromatic N) is 1. The fourth-order valence-corrected chi connectivity index (χ4v) is 0.988. The summed E-state index contributed by atoms with van der Waals surface area (Å²) in [5.74, 6) is 0.528. The summed E-state index contributed by atoms with van der Waals surface area (Å²) >= 11 is 0. The minimum atomic E-state index is -1.93. The van der Waals surface area contributed by atoms with Gasteiger partial charge in [0.25, 0.3) is 0 Å². The molecule has 1 unspecified atom stereocenters. The molecule has 0 bridgehead atoms. The molecule has 0 saturated carbocycles. The molecule has 0 radical (unpaired) electrons. The predicted molar refractivity (Wildman–Crippen MR) is 39.2 cm³/mol. The molecule has 0 fully saturated rings. The zero-order valence-corrected chi connectivity index (χ0v) is 6.90. The first-order chi connectivity index (χ1) is 4.12. The van der Waals surface area contributed by atoms with E-state index < -0.39 is 9.73 Å². The van der Waals surface area contributed by atoms with Crippen molar-refractivity contribution in [2.24, 2.45) is 4.36 Å². The van der Waals surface area contributed by atoms with E-state index >= 15 is 0 Å². The monoisotopic (exact) mass is 151 g/mol. The fourth-order valence-electron chi connectivity index (χ4n) is 0.329. The summed E-state index contributed by atoms with van der Waals surface area (Å²) in [4.78, 5) is 0. The van der Waals surface area contributed by atoms with Gasteiger partial charge in [0.1, 0.15) is 0 Å². The van der Waals surface area contributed by atoms with Crippen molar-refractivity contribution in [3.05, 3.63) is 0 Å². The van der Waals surface area contributed by atoms with Crippen LogP contribution in [0.25, 0.3) is 0 Å². The summed E-state index contributed by atoms with van der Waals surface area (Å²) in [6.45, 7) is 0.521. The highest BCUT2D eigenvalue weighted by Crippen LogP contribution is 1.87. The van der Waals surface area contributed by atoms with Crippen molar-refractivity contribution in [3.63, 3.8) is 0 Å². The highest BCUT2D eigenvalue weighted by atomic mass is 32.2. The van der Waals surface area contributed by atoms with Crippen LogP contribution < -0.4 is 0 Å². The summed E-state index contributed by atoms with van der Waals surface area (Å²) in [5.41, 5.74) is 0. The molecule has 0 spiro atoms. The van der Waals surface area contributed by atoms with Crippen LogP contribution in [0.15, 0.2) is 4.36 Å². The Morgan fingerprint density at radius 2 is 2.22 bits per heavy atom. The van der Waals surface area contributed by atoms with E-state index in [0.29, 0.717) is 12.4 Å². The lowest BCUT2D eigenvalue weighted by atomic mass is 10.9. The van der Waals surface area contributed by atoms with E-state index in [0.717, 1.165) is 0 Å². The largest absolute Gasteiger partial charge is 0.384 e. The third kappa shape index (κ3) is 4.42. The lowest BCUT2D eigenvalue weighted by Crippen LogP contribution is -2.08. The third-order valence-electron chi connectivity index (χ3n) is 1.05. The second kappa shape index (κ2) is 3.85.